The number of hydrogen-bond donors (Lipinski definition) is 1. The number of nitrogens with zero attached hydrogens (tertiary/aromatic N) is 5. The lowest BCUT2D eigenvalue weighted by Gasteiger charge is -2.35. The van der Waals surface area contributed by atoms with Crippen LogP contribution in [0.5, 0.6) is 0 Å². The highest BCUT2D eigenvalue weighted by atomic mass is 16.2. The number of likely N-dealkylation sites (tertiary alicyclic amines) is 1. The lowest BCUT2D eigenvalue weighted by Crippen LogP contribution is -2.50. The molecule has 0 aliphatic carbocycles. The Bertz CT molecular complexity index is 595. The molecule has 8 heteroatoms. The second kappa shape index (κ2) is 8.93. The molecular weight excluding hydrogens is 332 g/mol. The van der Waals surface area contributed by atoms with Crippen molar-refractivity contribution in [2.24, 2.45) is 5.92 Å². The van der Waals surface area contributed by atoms with E-state index in [4.69, 9.17) is 0 Å². The number of hydrogen-bond acceptors (Lipinski definition) is 6. The number of piperidine rings is 1. The van der Waals surface area contributed by atoms with Gasteiger partial charge in [-0.25, -0.2) is 9.97 Å². The van der Waals surface area contributed by atoms with Crippen LogP contribution in [0.4, 0.5) is 5.95 Å². The minimum Gasteiger partial charge on any atom is -0.359 e. The van der Waals surface area contributed by atoms with E-state index in [1.165, 1.54) is 0 Å². The molecule has 3 heterocycles. The fraction of sp³-hybridized carbons (Fsp3) is 0.667. The first kappa shape index (κ1) is 18.6. The smallest absolute Gasteiger partial charge is 0.225 e. The van der Waals surface area contributed by atoms with Crippen LogP contribution < -0.4 is 10.2 Å². The highest BCUT2D eigenvalue weighted by molar-refractivity contribution is 5.78. The number of anilines is 1. The molecule has 0 unspecified atom stereocenters. The summed E-state index contributed by atoms with van der Waals surface area (Å²) in [6, 6.07) is 1.81. The van der Waals surface area contributed by atoms with Gasteiger partial charge >= 0.3 is 0 Å². The fourth-order valence-electron chi connectivity index (χ4n) is 3.65. The molecule has 1 aromatic rings. The molecule has 2 amide bonds. The Hall–Kier alpha value is -2.22. The molecule has 1 N–H and O–H groups in total. The van der Waals surface area contributed by atoms with Crippen LogP contribution in [0.3, 0.4) is 0 Å². The molecule has 0 aromatic carbocycles. The van der Waals surface area contributed by atoms with E-state index in [2.05, 4.69) is 25.1 Å². The van der Waals surface area contributed by atoms with E-state index in [1.807, 2.05) is 4.90 Å². The van der Waals surface area contributed by atoms with Gasteiger partial charge in [0.25, 0.3) is 0 Å². The summed E-state index contributed by atoms with van der Waals surface area (Å²) < 4.78 is 0. The number of carbonyl (C=O) groups is 2. The third-order valence-corrected chi connectivity index (χ3v) is 5.31. The molecule has 0 atom stereocenters. The molecule has 2 fully saturated rings. The first-order valence-electron chi connectivity index (χ1n) is 9.41. The van der Waals surface area contributed by atoms with Crippen LogP contribution in [-0.2, 0) is 9.59 Å². The van der Waals surface area contributed by atoms with Crippen LogP contribution in [0, 0.1) is 5.92 Å². The van der Waals surface area contributed by atoms with Crippen LogP contribution in [0.15, 0.2) is 18.5 Å². The summed E-state index contributed by atoms with van der Waals surface area (Å²) in [5, 5.41) is 2.73. The molecule has 142 valence electrons. The summed E-state index contributed by atoms with van der Waals surface area (Å²) >= 11 is 0. The zero-order valence-corrected chi connectivity index (χ0v) is 15.4. The van der Waals surface area contributed by atoms with Crippen LogP contribution in [0.1, 0.15) is 19.3 Å². The minimum absolute atomic E-state index is 0.125. The fourth-order valence-corrected chi connectivity index (χ4v) is 3.65. The van der Waals surface area contributed by atoms with Crippen molar-refractivity contribution >= 4 is 17.8 Å². The predicted octanol–water partition coefficient (Wildman–Crippen LogP) is -0.0267. The first-order chi connectivity index (χ1) is 12.7. The van der Waals surface area contributed by atoms with Gasteiger partial charge in [0.05, 0.1) is 0 Å². The normalized spacial score (nSPS) is 19.4. The first-order valence-corrected chi connectivity index (χ1v) is 9.41. The van der Waals surface area contributed by atoms with Gasteiger partial charge in [-0.05, 0) is 32.0 Å². The Morgan fingerprint density at radius 1 is 1.08 bits per heavy atom. The number of carbonyl (C=O) groups excluding carboxylic acids is 2. The minimum atomic E-state index is 0.125. The molecule has 1 aromatic heterocycles. The van der Waals surface area contributed by atoms with Crippen molar-refractivity contribution in [1.82, 2.24) is 25.1 Å². The lowest BCUT2D eigenvalue weighted by atomic mass is 9.96. The maximum absolute atomic E-state index is 12.5. The van der Waals surface area contributed by atoms with Crippen molar-refractivity contribution < 1.29 is 9.59 Å². The third kappa shape index (κ3) is 4.69. The molecule has 0 bridgehead atoms. The molecule has 8 nitrogen and oxygen atoms in total. The van der Waals surface area contributed by atoms with E-state index in [1.54, 1.807) is 25.5 Å². The van der Waals surface area contributed by atoms with Crippen molar-refractivity contribution in [3.63, 3.8) is 0 Å². The molecule has 0 radical (unpaired) electrons. The lowest BCUT2D eigenvalue weighted by molar-refractivity contribution is -0.132. The number of amides is 2. The topological polar surface area (TPSA) is 81.7 Å². The number of nitrogens with one attached hydrogen (secondary N) is 1. The van der Waals surface area contributed by atoms with Gasteiger partial charge in [-0.3, -0.25) is 9.59 Å². The second-order valence-electron chi connectivity index (χ2n) is 6.90. The molecule has 0 saturated carbocycles. The zero-order valence-electron chi connectivity index (χ0n) is 15.4. The molecule has 26 heavy (non-hydrogen) atoms. The average molecular weight is 360 g/mol. The van der Waals surface area contributed by atoms with Crippen LogP contribution >= 0.6 is 0 Å². The molecule has 0 spiro atoms. The Morgan fingerprint density at radius 2 is 1.73 bits per heavy atom. The van der Waals surface area contributed by atoms with E-state index in [-0.39, 0.29) is 17.7 Å². The summed E-state index contributed by atoms with van der Waals surface area (Å²) in [7, 11) is 1.69. The molecular formula is C18H28N6O2. The van der Waals surface area contributed by atoms with Crippen molar-refractivity contribution in [2.45, 2.75) is 19.3 Å². The van der Waals surface area contributed by atoms with Gasteiger partial charge < -0.3 is 20.0 Å². The number of rotatable bonds is 5. The summed E-state index contributed by atoms with van der Waals surface area (Å²) in [6.45, 7) is 5.54. The SMILES string of the molecule is CNC(=O)C1CCN(CCC(=O)N2CCN(c3ncccn3)CC2)CC1. The van der Waals surface area contributed by atoms with Gasteiger partial charge in [-0.15, -0.1) is 0 Å². The van der Waals surface area contributed by atoms with Crippen molar-refractivity contribution in [3.8, 4) is 0 Å². The highest BCUT2D eigenvalue weighted by Crippen LogP contribution is 2.17. The van der Waals surface area contributed by atoms with E-state index >= 15 is 0 Å². The monoisotopic (exact) mass is 360 g/mol. The van der Waals surface area contributed by atoms with E-state index in [0.717, 1.165) is 64.6 Å². The zero-order chi connectivity index (χ0) is 18.4. The number of aromatic nitrogens is 2. The highest BCUT2D eigenvalue weighted by Gasteiger charge is 2.26. The van der Waals surface area contributed by atoms with Gasteiger partial charge in [0, 0.05) is 64.5 Å². The van der Waals surface area contributed by atoms with Gasteiger partial charge in [0.1, 0.15) is 0 Å². The van der Waals surface area contributed by atoms with Crippen LogP contribution in [-0.4, -0.2) is 84.4 Å². The Morgan fingerprint density at radius 3 is 2.35 bits per heavy atom. The number of piperazine rings is 1. The van der Waals surface area contributed by atoms with Gasteiger partial charge in [-0.1, -0.05) is 0 Å². The Kier molecular flexibility index (Phi) is 6.38. The summed E-state index contributed by atoms with van der Waals surface area (Å²) in [5.74, 6) is 1.21. The van der Waals surface area contributed by atoms with E-state index < -0.39 is 0 Å². The predicted molar refractivity (Wildman–Crippen MR) is 98.7 cm³/mol. The van der Waals surface area contributed by atoms with Crippen molar-refractivity contribution in [2.75, 3.05) is 57.8 Å². The van der Waals surface area contributed by atoms with Gasteiger partial charge in [-0.2, -0.15) is 0 Å². The summed E-state index contributed by atoms with van der Waals surface area (Å²) in [4.78, 5) is 39.1. The maximum Gasteiger partial charge on any atom is 0.225 e. The van der Waals surface area contributed by atoms with Crippen molar-refractivity contribution in [1.29, 1.82) is 0 Å². The van der Waals surface area contributed by atoms with Crippen LogP contribution in [0.25, 0.3) is 0 Å². The van der Waals surface area contributed by atoms with Crippen molar-refractivity contribution in [3.05, 3.63) is 18.5 Å². The molecule has 2 saturated heterocycles. The van der Waals surface area contributed by atoms with E-state index in [0.29, 0.717) is 6.42 Å². The molecule has 3 rings (SSSR count). The Balaban J connectivity index is 1.37. The standard InChI is InChI=1S/C18H28N6O2/c1-19-17(26)15-3-8-22(9-4-15)10-5-16(25)23-11-13-24(14-12-23)18-20-6-2-7-21-18/h2,6-7,15H,3-5,8-14H2,1H3,(H,19,26). The van der Waals surface area contributed by atoms with Gasteiger partial charge in [0.2, 0.25) is 17.8 Å². The van der Waals surface area contributed by atoms with Crippen LogP contribution in [0.2, 0.25) is 0 Å². The largest absolute Gasteiger partial charge is 0.359 e. The van der Waals surface area contributed by atoms with Gasteiger partial charge in [0.15, 0.2) is 0 Å². The molecule has 2 aliphatic rings. The molecule has 2 aliphatic heterocycles. The quantitative estimate of drug-likeness (QED) is 0.794. The Labute approximate surface area is 154 Å². The summed E-state index contributed by atoms with van der Waals surface area (Å²) in [6.07, 6.45) is 5.79. The van der Waals surface area contributed by atoms with E-state index in [9.17, 15) is 9.59 Å². The third-order valence-electron chi connectivity index (χ3n) is 5.31. The second-order valence-corrected chi connectivity index (χ2v) is 6.90. The average Bonchev–Trinajstić information content (AvgIpc) is 2.72. The summed E-state index contributed by atoms with van der Waals surface area (Å²) in [5.41, 5.74) is 0. The maximum atomic E-state index is 12.5.